The van der Waals surface area contributed by atoms with Crippen LogP contribution in [0.2, 0.25) is 0 Å². The summed E-state index contributed by atoms with van der Waals surface area (Å²) in [6, 6.07) is 0. The first-order valence-electron chi connectivity index (χ1n) is 13.1. The first kappa shape index (κ1) is 24.5. The van der Waals surface area contributed by atoms with E-state index in [0.717, 1.165) is 78.2 Å². The lowest BCUT2D eigenvalue weighted by molar-refractivity contribution is -0.121. The summed E-state index contributed by atoms with van der Waals surface area (Å²) in [5.41, 5.74) is 0.784. The molecule has 5 rings (SSSR count). The van der Waals surface area contributed by atoms with E-state index in [1.807, 2.05) is 4.90 Å². The number of allylic oxidation sites excluding steroid dienone is 1. The van der Waals surface area contributed by atoms with E-state index in [-0.39, 0.29) is 41.5 Å². The predicted octanol–water partition coefficient (Wildman–Crippen LogP) is 2.85. The lowest BCUT2D eigenvalue weighted by Crippen LogP contribution is -2.56. The number of methoxy groups -OCH3 is 1. The zero-order valence-electron chi connectivity index (χ0n) is 21.3. The minimum absolute atomic E-state index is 0.0553. The van der Waals surface area contributed by atoms with E-state index in [9.17, 15) is 4.79 Å². The highest BCUT2D eigenvalue weighted by molar-refractivity contribution is 5.68. The van der Waals surface area contributed by atoms with Gasteiger partial charge in [0.1, 0.15) is 23.4 Å². The van der Waals surface area contributed by atoms with Crippen LogP contribution in [0.3, 0.4) is 0 Å². The zero-order valence-corrected chi connectivity index (χ0v) is 21.3. The second kappa shape index (κ2) is 9.69. The molecule has 1 spiro atoms. The van der Waals surface area contributed by atoms with Gasteiger partial charge < -0.3 is 28.6 Å². The molecule has 1 unspecified atom stereocenters. The lowest BCUT2D eigenvalue weighted by Gasteiger charge is -2.43. The van der Waals surface area contributed by atoms with Gasteiger partial charge in [0.15, 0.2) is 0 Å². The van der Waals surface area contributed by atoms with Crippen molar-refractivity contribution in [3.8, 4) is 0 Å². The Morgan fingerprint density at radius 3 is 2.62 bits per heavy atom. The number of carbonyl (C=O) groups is 1. The number of morpholine rings is 1. The van der Waals surface area contributed by atoms with Crippen molar-refractivity contribution in [2.45, 2.75) is 76.0 Å². The van der Waals surface area contributed by atoms with Gasteiger partial charge >= 0.3 is 6.09 Å². The Morgan fingerprint density at radius 1 is 1.18 bits per heavy atom. The zero-order chi connectivity index (χ0) is 23.9. The number of likely N-dealkylation sites (tertiary alicyclic amines) is 1. The molecule has 8 heteroatoms. The average molecular weight is 479 g/mol. The molecule has 8 nitrogen and oxygen atoms in total. The van der Waals surface area contributed by atoms with Crippen LogP contribution in [0, 0.1) is 11.8 Å². The largest absolute Gasteiger partial charge is 0.443 e. The monoisotopic (exact) mass is 478 g/mol. The Morgan fingerprint density at radius 2 is 1.94 bits per heavy atom. The normalized spacial score (nSPS) is 42.0. The van der Waals surface area contributed by atoms with Crippen LogP contribution >= 0.6 is 0 Å². The van der Waals surface area contributed by atoms with Crippen molar-refractivity contribution in [2.75, 3.05) is 59.7 Å². The van der Waals surface area contributed by atoms with Gasteiger partial charge in [0, 0.05) is 39.8 Å². The van der Waals surface area contributed by atoms with Crippen LogP contribution in [0.4, 0.5) is 4.79 Å². The van der Waals surface area contributed by atoms with Gasteiger partial charge in [-0.25, -0.2) is 4.79 Å². The number of rotatable bonds is 7. The van der Waals surface area contributed by atoms with Crippen molar-refractivity contribution >= 4 is 6.09 Å². The Bertz CT molecular complexity index is 775. The van der Waals surface area contributed by atoms with E-state index in [1.165, 1.54) is 5.57 Å². The molecular formula is C26H42N2O6. The van der Waals surface area contributed by atoms with Gasteiger partial charge in [-0.15, -0.1) is 0 Å². The molecular weight excluding hydrogens is 436 g/mol. The van der Waals surface area contributed by atoms with Crippen molar-refractivity contribution in [1.29, 1.82) is 0 Å². The molecule has 0 aromatic heterocycles. The molecule has 7 atom stereocenters. The van der Waals surface area contributed by atoms with Gasteiger partial charge in [-0.1, -0.05) is 11.6 Å². The molecule has 5 aliphatic rings. The smallest absolute Gasteiger partial charge is 0.410 e. The second-order valence-electron chi connectivity index (χ2n) is 11.3. The van der Waals surface area contributed by atoms with Crippen molar-refractivity contribution in [3.63, 3.8) is 0 Å². The van der Waals surface area contributed by atoms with E-state index >= 15 is 0 Å². The average Bonchev–Trinajstić information content (AvgIpc) is 3.68. The van der Waals surface area contributed by atoms with Gasteiger partial charge in [-0.3, -0.25) is 4.90 Å². The molecule has 0 aromatic rings. The lowest BCUT2D eigenvalue weighted by atomic mass is 9.68. The molecule has 0 aromatic carbocycles. The highest BCUT2D eigenvalue weighted by Gasteiger charge is 2.72. The van der Waals surface area contributed by atoms with Gasteiger partial charge in [-0.05, 0) is 52.4 Å². The van der Waals surface area contributed by atoms with E-state index in [4.69, 9.17) is 23.7 Å². The standard InChI is InChI=1S/C26H42N2O6/c1-18(2)5-6-21-25(3,34-21)23-22(30-4)20(7-9-26(23)17-32-26)33-24(29)28-10-8-19(16-28)15-27-11-13-31-14-12-27/h5,19-23H,6-17H2,1-4H3/t19-,20+,21+,22+,23?,25-,26-/m0/s1. The third-order valence-corrected chi connectivity index (χ3v) is 8.65. The van der Waals surface area contributed by atoms with Crippen LogP contribution in [0.15, 0.2) is 11.6 Å². The summed E-state index contributed by atoms with van der Waals surface area (Å²) in [5.74, 6) is 0.556. The molecule has 0 bridgehead atoms. The fourth-order valence-electron chi connectivity index (χ4n) is 6.57. The van der Waals surface area contributed by atoms with Crippen LogP contribution in [0.5, 0.6) is 0 Å². The minimum Gasteiger partial charge on any atom is -0.443 e. The van der Waals surface area contributed by atoms with E-state index in [1.54, 1.807) is 7.11 Å². The molecule has 1 aliphatic carbocycles. The number of amides is 1. The maximum absolute atomic E-state index is 13.1. The molecule has 4 heterocycles. The van der Waals surface area contributed by atoms with Crippen LogP contribution in [0.1, 0.15) is 46.5 Å². The third-order valence-electron chi connectivity index (χ3n) is 8.65. The number of ether oxygens (including phenoxy) is 5. The van der Waals surface area contributed by atoms with Crippen LogP contribution in [0.25, 0.3) is 0 Å². The number of hydrogen-bond acceptors (Lipinski definition) is 7. The van der Waals surface area contributed by atoms with Crippen LogP contribution in [-0.4, -0.2) is 105 Å². The van der Waals surface area contributed by atoms with E-state index in [2.05, 4.69) is 31.7 Å². The summed E-state index contributed by atoms with van der Waals surface area (Å²) >= 11 is 0. The molecule has 0 radical (unpaired) electrons. The highest BCUT2D eigenvalue weighted by Crippen LogP contribution is 2.59. The molecule has 5 fully saturated rings. The van der Waals surface area contributed by atoms with Crippen molar-refractivity contribution in [3.05, 3.63) is 11.6 Å². The van der Waals surface area contributed by atoms with Crippen molar-refractivity contribution in [1.82, 2.24) is 9.80 Å². The topological polar surface area (TPSA) is 76.3 Å². The first-order valence-corrected chi connectivity index (χ1v) is 13.1. The van der Waals surface area contributed by atoms with Gasteiger partial charge in [0.25, 0.3) is 0 Å². The maximum atomic E-state index is 13.1. The summed E-state index contributed by atoms with van der Waals surface area (Å²) in [7, 11) is 1.73. The quantitative estimate of drug-likeness (QED) is 0.411. The molecule has 34 heavy (non-hydrogen) atoms. The number of carbonyl (C=O) groups excluding carboxylic acids is 1. The summed E-state index contributed by atoms with van der Waals surface area (Å²) in [6.45, 7) is 13.3. The fourth-order valence-corrected chi connectivity index (χ4v) is 6.57. The predicted molar refractivity (Wildman–Crippen MR) is 127 cm³/mol. The van der Waals surface area contributed by atoms with Crippen molar-refractivity contribution < 1.29 is 28.5 Å². The Labute approximate surface area is 203 Å². The maximum Gasteiger partial charge on any atom is 0.410 e. The van der Waals surface area contributed by atoms with E-state index < -0.39 is 0 Å². The number of hydrogen-bond donors (Lipinski definition) is 0. The summed E-state index contributed by atoms with van der Waals surface area (Å²) in [5, 5.41) is 0. The van der Waals surface area contributed by atoms with Crippen LogP contribution in [-0.2, 0) is 23.7 Å². The van der Waals surface area contributed by atoms with E-state index in [0.29, 0.717) is 5.92 Å². The Hall–Kier alpha value is -1.19. The van der Waals surface area contributed by atoms with Gasteiger partial charge in [-0.2, -0.15) is 0 Å². The summed E-state index contributed by atoms with van der Waals surface area (Å²) in [4.78, 5) is 17.5. The molecule has 0 N–H and O–H groups in total. The SMILES string of the molecule is CO[C@H]1C([C@@]2(C)O[C@@H]2CC=C(C)C)[C@]2(CC[C@H]1OC(=O)N1CC[C@@H](CN3CCOCC3)C1)CO2. The summed E-state index contributed by atoms with van der Waals surface area (Å²) in [6.07, 6.45) is 5.25. The highest BCUT2D eigenvalue weighted by atomic mass is 16.6. The molecule has 4 aliphatic heterocycles. The Kier molecular flexibility index (Phi) is 6.99. The third kappa shape index (κ3) is 4.89. The fraction of sp³-hybridized carbons (Fsp3) is 0.885. The summed E-state index contributed by atoms with van der Waals surface area (Å²) < 4.78 is 29.9. The Balaban J connectivity index is 1.19. The van der Waals surface area contributed by atoms with Gasteiger partial charge in [0.2, 0.25) is 0 Å². The molecule has 1 amide bonds. The van der Waals surface area contributed by atoms with Crippen LogP contribution < -0.4 is 0 Å². The van der Waals surface area contributed by atoms with Crippen molar-refractivity contribution in [2.24, 2.45) is 11.8 Å². The number of nitrogens with zero attached hydrogens (tertiary/aromatic N) is 2. The minimum atomic E-state index is -0.314. The first-order chi connectivity index (χ1) is 16.3. The number of epoxide rings is 2. The molecule has 1 saturated carbocycles. The second-order valence-corrected chi connectivity index (χ2v) is 11.3. The van der Waals surface area contributed by atoms with Gasteiger partial charge in [0.05, 0.1) is 31.8 Å². The molecule has 192 valence electrons. The molecule has 4 saturated heterocycles.